The van der Waals surface area contributed by atoms with Gasteiger partial charge in [-0.15, -0.1) is 0 Å². The summed E-state index contributed by atoms with van der Waals surface area (Å²) in [5.41, 5.74) is 0. The van der Waals surface area contributed by atoms with Gasteiger partial charge in [-0.05, 0) is 19.3 Å². The maximum atomic E-state index is 11.7. The second-order valence-corrected chi connectivity index (χ2v) is 3.66. The zero-order valence-electron chi connectivity index (χ0n) is 8.61. The fourth-order valence-corrected chi connectivity index (χ4v) is 1.31. The first-order valence-electron chi connectivity index (χ1n) is 5.20. The summed E-state index contributed by atoms with van der Waals surface area (Å²) >= 11 is 0. The number of hydrogen-bond acceptors (Lipinski definition) is 1. The predicted octanol–water partition coefficient (Wildman–Crippen LogP) is 3.66. The fourth-order valence-electron chi connectivity index (χ4n) is 1.31. The zero-order chi connectivity index (χ0) is 11.0. The molecule has 0 heterocycles. The summed E-state index contributed by atoms with van der Waals surface area (Å²) in [6.07, 6.45) is -1.47. The van der Waals surface area contributed by atoms with Crippen LogP contribution in [0.2, 0.25) is 0 Å². The topological polar surface area (TPSA) is 20.2 Å². The molecule has 0 aliphatic carbocycles. The molecule has 86 valence electrons. The van der Waals surface area contributed by atoms with E-state index in [0.29, 0.717) is 6.42 Å². The largest absolute Gasteiger partial charge is 0.393 e. The summed E-state index contributed by atoms with van der Waals surface area (Å²) in [5.74, 6) is 0. The quantitative estimate of drug-likeness (QED) is 0.638. The molecule has 1 unspecified atom stereocenters. The van der Waals surface area contributed by atoms with Crippen molar-refractivity contribution < 1.29 is 18.3 Å². The fraction of sp³-hybridized carbons (Fsp3) is 1.00. The average Bonchev–Trinajstić information content (AvgIpc) is 2.02. The maximum Gasteiger partial charge on any atom is 0.389 e. The highest BCUT2D eigenvalue weighted by Gasteiger charge is 2.26. The highest BCUT2D eigenvalue weighted by molar-refractivity contribution is 4.59. The molecule has 0 saturated heterocycles. The van der Waals surface area contributed by atoms with Crippen molar-refractivity contribution in [1.29, 1.82) is 0 Å². The van der Waals surface area contributed by atoms with E-state index < -0.39 is 18.7 Å². The highest BCUT2D eigenvalue weighted by Crippen LogP contribution is 2.23. The van der Waals surface area contributed by atoms with Gasteiger partial charge < -0.3 is 5.11 Å². The lowest BCUT2D eigenvalue weighted by Gasteiger charge is -2.10. The van der Waals surface area contributed by atoms with Crippen molar-refractivity contribution >= 4 is 0 Å². The van der Waals surface area contributed by atoms with E-state index in [2.05, 4.69) is 6.92 Å². The van der Waals surface area contributed by atoms with Gasteiger partial charge in [0.25, 0.3) is 0 Å². The lowest BCUT2D eigenvalue weighted by molar-refractivity contribution is -0.136. The summed E-state index contributed by atoms with van der Waals surface area (Å²) in [7, 11) is 0. The Morgan fingerprint density at radius 2 is 1.64 bits per heavy atom. The van der Waals surface area contributed by atoms with E-state index in [1.54, 1.807) is 0 Å². The van der Waals surface area contributed by atoms with E-state index in [4.69, 9.17) is 0 Å². The molecular weight excluding hydrogens is 193 g/mol. The van der Waals surface area contributed by atoms with Gasteiger partial charge >= 0.3 is 6.18 Å². The number of unbranched alkanes of at least 4 members (excludes halogenated alkanes) is 2. The number of halogens is 3. The van der Waals surface area contributed by atoms with Gasteiger partial charge in [-0.3, -0.25) is 0 Å². The summed E-state index contributed by atoms with van der Waals surface area (Å²) in [4.78, 5) is 0. The van der Waals surface area contributed by atoms with Crippen LogP contribution in [0.1, 0.15) is 51.9 Å². The second-order valence-electron chi connectivity index (χ2n) is 3.66. The Morgan fingerprint density at radius 1 is 1.07 bits per heavy atom. The van der Waals surface area contributed by atoms with Crippen molar-refractivity contribution in [2.75, 3.05) is 0 Å². The van der Waals surface area contributed by atoms with Gasteiger partial charge in [-0.2, -0.15) is 13.2 Å². The van der Waals surface area contributed by atoms with Gasteiger partial charge in [0.1, 0.15) is 0 Å². The van der Waals surface area contributed by atoms with Gasteiger partial charge in [-0.25, -0.2) is 0 Å². The molecule has 0 saturated carbocycles. The van der Waals surface area contributed by atoms with Crippen LogP contribution in [0.15, 0.2) is 0 Å². The first kappa shape index (κ1) is 13.8. The standard InChI is InChI=1S/C10H19F3O/c1-2-3-4-6-9(14)7-5-8-10(11,12)13/h9,14H,2-8H2,1H3. The van der Waals surface area contributed by atoms with Crippen LogP contribution >= 0.6 is 0 Å². The maximum absolute atomic E-state index is 11.7. The van der Waals surface area contributed by atoms with Crippen LogP contribution in [0, 0.1) is 0 Å². The molecule has 0 spiro atoms. The normalized spacial score (nSPS) is 14.4. The van der Waals surface area contributed by atoms with Gasteiger partial charge in [-0.1, -0.05) is 26.2 Å². The molecule has 0 aromatic carbocycles. The number of alkyl halides is 3. The SMILES string of the molecule is CCCCCC(O)CCCC(F)(F)F. The molecular formula is C10H19F3O. The minimum Gasteiger partial charge on any atom is -0.393 e. The van der Waals surface area contributed by atoms with Crippen LogP contribution in [-0.4, -0.2) is 17.4 Å². The molecule has 0 bridgehead atoms. The number of rotatable bonds is 7. The van der Waals surface area contributed by atoms with Crippen molar-refractivity contribution in [3.05, 3.63) is 0 Å². The van der Waals surface area contributed by atoms with Crippen LogP contribution in [-0.2, 0) is 0 Å². The lowest BCUT2D eigenvalue weighted by atomic mass is 10.1. The molecule has 0 fully saturated rings. The van der Waals surface area contributed by atoms with Crippen LogP contribution in [0.5, 0.6) is 0 Å². The molecule has 0 aromatic rings. The lowest BCUT2D eigenvalue weighted by Crippen LogP contribution is -2.11. The van der Waals surface area contributed by atoms with E-state index >= 15 is 0 Å². The van der Waals surface area contributed by atoms with E-state index in [1.165, 1.54) is 0 Å². The average molecular weight is 212 g/mol. The molecule has 1 nitrogen and oxygen atoms in total. The zero-order valence-corrected chi connectivity index (χ0v) is 8.61. The minimum atomic E-state index is -4.08. The second kappa shape index (κ2) is 7.10. The van der Waals surface area contributed by atoms with Crippen molar-refractivity contribution in [3.63, 3.8) is 0 Å². The molecule has 1 atom stereocenters. The molecule has 1 N–H and O–H groups in total. The summed E-state index contributed by atoms with van der Waals surface area (Å²) in [6, 6.07) is 0. The van der Waals surface area contributed by atoms with E-state index in [0.717, 1.165) is 19.3 Å². The summed E-state index contributed by atoms with van der Waals surface area (Å²) in [6.45, 7) is 2.05. The number of hydrogen-bond donors (Lipinski definition) is 1. The smallest absolute Gasteiger partial charge is 0.389 e. The van der Waals surface area contributed by atoms with Crippen molar-refractivity contribution in [1.82, 2.24) is 0 Å². The van der Waals surface area contributed by atoms with E-state index in [9.17, 15) is 18.3 Å². The third-order valence-electron chi connectivity index (χ3n) is 2.14. The predicted molar refractivity (Wildman–Crippen MR) is 50.1 cm³/mol. The minimum absolute atomic E-state index is 0.0385. The van der Waals surface area contributed by atoms with Crippen molar-refractivity contribution in [3.8, 4) is 0 Å². The van der Waals surface area contributed by atoms with Crippen LogP contribution in [0.4, 0.5) is 13.2 Å². The number of aliphatic hydroxyl groups excluding tert-OH is 1. The van der Waals surface area contributed by atoms with Crippen molar-refractivity contribution in [2.45, 2.75) is 64.1 Å². The van der Waals surface area contributed by atoms with E-state index in [-0.39, 0.29) is 12.8 Å². The van der Waals surface area contributed by atoms with Gasteiger partial charge in [0.2, 0.25) is 0 Å². The van der Waals surface area contributed by atoms with E-state index in [1.807, 2.05) is 0 Å². The Balaban J connectivity index is 3.31. The van der Waals surface area contributed by atoms with Gasteiger partial charge in [0.05, 0.1) is 6.10 Å². The summed E-state index contributed by atoms with van der Waals surface area (Å²) in [5, 5.41) is 9.31. The third kappa shape index (κ3) is 9.84. The van der Waals surface area contributed by atoms with Crippen LogP contribution in [0.3, 0.4) is 0 Å². The molecule has 14 heavy (non-hydrogen) atoms. The number of aliphatic hydroxyl groups is 1. The molecule has 4 heteroatoms. The first-order valence-corrected chi connectivity index (χ1v) is 5.20. The van der Waals surface area contributed by atoms with Crippen LogP contribution < -0.4 is 0 Å². The molecule has 0 aliphatic rings. The molecule has 0 amide bonds. The molecule has 0 rings (SSSR count). The Hall–Kier alpha value is -0.250. The van der Waals surface area contributed by atoms with Crippen LogP contribution in [0.25, 0.3) is 0 Å². The third-order valence-corrected chi connectivity index (χ3v) is 2.14. The Kier molecular flexibility index (Phi) is 6.97. The Labute approximate surface area is 83.3 Å². The molecule has 0 aromatic heterocycles. The van der Waals surface area contributed by atoms with Gasteiger partial charge in [0.15, 0.2) is 0 Å². The molecule has 0 aliphatic heterocycles. The Bertz CT molecular complexity index is 134. The highest BCUT2D eigenvalue weighted by atomic mass is 19.4. The molecule has 0 radical (unpaired) electrons. The van der Waals surface area contributed by atoms with Crippen molar-refractivity contribution in [2.24, 2.45) is 0 Å². The summed E-state index contributed by atoms with van der Waals surface area (Å²) < 4.78 is 35.2. The Morgan fingerprint density at radius 3 is 2.14 bits per heavy atom. The monoisotopic (exact) mass is 212 g/mol. The first-order chi connectivity index (χ1) is 6.45. The van der Waals surface area contributed by atoms with Gasteiger partial charge in [0, 0.05) is 6.42 Å².